The Morgan fingerprint density at radius 2 is 1.64 bits per heavy atom. The zero-order valence-electron chi connectivity index (χ0n) is 13.6. The Morgan fingerprint density at radius 1 is 1.00 bits per heavy atom. The van der Waals surface area contributed by atoms with E-state index >= 15 is 0 Å². The van der Waals surface area contributed by atoms with Crippen molar-refractivity contribution in [2.75, 3.05) is 26.2 Å². The van der Waals surface area contributed by atoms with Crippen molar-refractivity contribution in [3.63, 3.8) is 0 Å². The lowest BCUT2D eigenvalue weighted by Crippen LogP contribution is -2.50. The van der Waals surface area contributed by atoms with Gasteiger partial charge in [0.1, 0.15) is 5.69 Å². The van der Waals surface area contributed by atoms with Crippen LogP contribution in [0.1, 0.15) is 35.4 Å². The molecule has 0 unspecified atom stereocenters. The van der Waals surface area contributed by atoms with Crippen LogP contribution >= 0.6 is 11.3 Å². The molecule has 0 bridgehead atoms. The summed E-state index contributed by atoms with van der Waals surface area (Å²) in [6.07, 6.45) is 1.28. The Hall–Kier alpha value is -2.74. The normalized spacial score (nSPS) is 14.4. The number of carboxylic acids is 1. The Kier molecular flexibility index (Phi) is 4.80. The van der Waals surface area contributed by atoms with Crippen LogP contribution in [0.2, 0.25) is 0 Å². The second-order valence-corrected chi connectivity index (χ2v) is 7.02. The van der Waals surface area contributed by atoms with Gasteiger partial charge in [0.05, 0.1) is 10.4 Å². The highest BCUT2D eigenvalue weighted by Crippen LogP contribution is 2.18. The average molecular weight is 359 g/mol. The first kappa shape index (κ1) is 17.1. The maximum Gasteiger partial charge on any atom is 0.354 e. The maximum atomic E-state index is 12.5. The van der Waals surface area contributed by atoms with Gasteiger partial charge in [0.25, 0.3) is 11.8 Å². The van der Waals surface area contributed by atoms with Gasteiger partial charge in [-0.05, 0) is 31.2 Å². The third-order valence-electron chi connectivity index (χ3n) is 4.03. The van der Waals surface area contributed by atoms with Crippen LogP contribution in [-0.4, -0.2) is 63.9 Å². The van der Waals surface area contributed by atoms with Crippen LogP contribution in [0.15, 0.2) is 30.5 Å². The second-order valence-electron chi connectivity index (χ2n) is 5.73. The summed E-state index contributed by atoms with van der Waals surface area (Å²) in [6.45, 7) is 3.79. The fraction of sp³-hybridized carbons (Fsp3) is 0.294. The smallest absolute Gasteiger partial charge is 0.354 e. The van der Waals surface area contributed by atoms with Gasteiger partial charge in [0.2, 0.25) is 0 Å². The largest absolute Gasteiger partial charge is 0.477 e. The van der Waals surface area contributed by atoms with Crippen molar-refractivity contribution < 1.29 is 19.5 Å². The molecule has 0 radical (unpaired) electrons. The van der Waals surface area contributed by atoms with E-state index in [0.29, 0.717) is 36.6 Å². The molecule has 0 spiro atoms. The second kappa shape index (κ2) is 7.02. The van der Waals surface area contributed by atoms with E-state index in [9.17, 15) is 14.4 Å². The molecule has 8 heteroatoms. The molecule has 2 amide bonds. The number of aromatic carboxylic acids is 1. The van der Waals surface area contributed by atoms with E-state index in [1.165, 1.54) is 29.7 Å². The van der Waals surface area contributed by atoms with Crippen LogP contribution in [0.3, 0.4) is 0 Å². The lowest BCUT2D eigenvalue weighted by Gasteiger charge is -2.34. The van der Waals surface area contributed by atoms with Crippen molar-refractivity contribution in [1.29, 1.82) is 0 Å². The van der Waals surface area contributed by atoms with Crippen molar-refractivity contribution in [1.82, 2.24) is 14.8 Å². The van der Waals surface area contributed by atoms with Crippen LogP contribution in [0.5, 0.6) is 0 Å². The van der Waals surface area contributed by atoms with Crippen LogP contribution in [0.4, 0.5) is 0 Å². The molecule has 2 aromatic heterocycles. The highest BCUT2D eigenvalue weighted by Gasteiger charge is 2.26. The Morgan fingerprint density at radius 3 is 2.12 bits per heavy atom. The molecule has 0 aliphatic carbocycles. The molecule has 0 saturated carbocycles. The molecule has 7 nitrogen and oxygen atoms in total. The zero-order valence-corrected chi connectivity index (χ0v) is 14.5. The fourth-order valence-corrected chi connectivity index (χ4v) is 3.48. The summed E-state index contributed by atoms with van der Waals surface area (Å²) in [5.74, 6) is -1.34. The number of hydrogen-bond donors (Lipinski definition) is 1. The molecule has 1 aliphatic rings. The van der Waals surface area contributed by atoms with Gasteiger partial charge in [-0.3, -0.25) is 9.59 Å². The molecular formula is C17H17N3O4S. The molecule has 1 aliphatic heterocycles. The van der Waals surface area contributed by atoms with Crippen LogP contribution in [0.25, 0.3) is 0 Å². The summed E-state index contributed by atoms with van der Waals surface area (Å²) in [5.41, 5.74) is 0.247. The molecule has 1 fully saturated rings. The van der Waals surface area contributed by atoms with E-state index in [1.54, 1.807) is 9.80 Å². The number of nitrogens with zero attached hydrogens (tertiary/aromatic N) is 3. The van der Waals surface area contributed by atoms with Gasteiger partial charge in [-0.1, -0.05) is 0 Å². The van der Waals surface area contributed by atoms with E-state index in [0.717, 1.165) is 4.88 Å². The lowest BCUT2D eigenvalue weighted by atomic mass is 10.2. The first-order valence-corrected chi connectivity index (χ1v) is 8.61. The summed E-state index contributed by atoms with van der Waals surface area (Å²) in [5, 5.41) is 8.85. The SMILES string of the molecule is Cc1ccc(C(=O)N2CCN(C(=O)c3ccc(C(=O)O)nc3)CC2)s1. The van der Waals surface area contributed by atoms with Gasteiger partial charge in [0.15, 0.2) is 0 Å². The van der Waals surface area contributed by atoms with Crippen molar-refractivity contribution in [2.24, 2.45) is 0 Å². The highest BCUT2D eigenvalue weighted by atomic mass is 32.1. The number of hydrogen-bond acceptors (Lipinski definition) is 5. The van der Waals surface area contributed by atoms with Crippen LogP contribution in [0, 0.1) is 6.92 Å². The van der Waals surface area contributed by atoms with Crippen molar-refractivity contribution >= 4 is 29.1 Å². The van der Waals surface area contributed by atoms with Gasteiger partial charge in [-0.15, -0.1) is 11.3 Å². The fourth-order valence-electron chi connectivity index (χ4n) is 2.65. The van der Waals surface area contributed by atoms with Gasteiger partial charge in [-0.2, -0.15) is 0 Å². The van der Waals surface area contributed by atoms with E-state index < -0.39 is 5.97 Å². The third-order valence-corrected chi connectivity index (χ3v) is 5.02. The number of carbonyl (C=O) groups excluding carboxylic acids is 2. The van der Waals surface area contributed by atoms with Crippen molar-refractivity contribution in [3.05, 3.63) is 51.5 Å². The van der Waals surface area contributed by atoms with Gasteiger partial charge >= 0.3 is 5.97 Å². The number of amides is 2. The molecule has 3 heterocycles. The quantitative estimate of drug-likeness (QED) is 0.901. The lowest BCUT2D eigenvalue weighted by molar-refractivity contribution is 0.0537. The number of thiophene rings is 1. The standard InChI is InChI=1S/C17H17N3O4S/c1-11-2-5-14(25-11)16(22)20-8-6-19(7-9-20)15(21)12-3-4-13(17(23)24)18-10-12/h2-5,10H,6-9H2,1H3,(H,23,24). The van der Waals surface area contributed by atoms with Crippen LogP contribution < -0.4 is 0 Å². The summed E-state index contributed by atoms with van der Waals surface area (Å²) in [7, 11) is 0. The number of piperazine rings is 1. The summed E-state index contributed by atoms with van der Waals surface area (Å²) < 4.78 is 0. The van der Waals surface area contributed by atoms with E-state index in [2.05, 4.69) is 4.98 Å². The first-order chi connectivity index (χ1) is 12.0. The topological polar surface area (TPSA) is 90.8 Å². The van der Waals surface area contributed by atoms with Crippen molar-refractivity contribution in [3.8, 4) is 0 Å². The number of carbonyl (C=O) groups is 3. The molecule has 2 aromatic rings. The molecule has 25 heavy (non-hydrogen) atoms. The van der Waals surface area contributed by atoms with Gasteiger partial charge in [0, 0.05) is 37.3 Å². The number of pyridine rings is 1. The molecule has 0 atom stereocenters. The Labute approximate surface area is 148 Å². The average Bonchev–Trinajstić information content (AvgIpc) is 3.07. The minimum absolute atomic E-state index is 0.00215. The number of carboxylic acid groups (broad SMARTS) is 1. The number of rotatable bonds is 3. The predicted molar refractivity (Wildman–Crippen MR) is 92.1 cm³/mol. The van der Waals surface area contributed by atoms with Crippen LogP contribution in [-0.2, 0) is 0 Å². The molecular weight excluding hydrogens is 342 g/mol. The molecule has 130 valence electrons. The number of aryl methyl sites for hydroxylation is 1. The Balaban J connectivity index is 1.60. The molecule has 1 N–H and O–H groups in total. The Bertz CT molecular complexity index is 808. The van der Waals surface area contributed by atoms with Gasteiger partial charge in [-0.25, -0.2) is 9.78 Å². The van der Waals surface area contributed by atoms with E-state index in [1.807, 2.05) is 19.1 Å². The van der Waals surface area contributed by atoms with Crippen molar-refractivity contribution in [2.45, 2.75) is 6.92 Å². The highest BCUT2D eigenvalue weighted by molar-refractivity contribution is 7.13. The predicted octanol–water partition coefficient (Wildman–Crippen LogP) is 1.75. The van der Waals surface area contributed by atoms with E-state index in [4.69, 9.17) is 5.11 Å². The third kappa shape index (κ3) is 3.69. The number of aromatic nitrogens is 1. The first-order valence-electron chi connectivity index (χ1n) is 7.80. The minimum atomic E-state index is -1.13. The maximum absolute atomic E-state index is 12.5. The molecule has 3 rings (SSSR count). The summed E-state index contributed by atoms with van der Waals surface area (Å²) in [6, 6.07) is 6.53. The molecule has 1 saturated heterocycles. The zero-order chi connectivity index (χ0) is 18.0. The minimum Gasteiger partial charge on any atom is -0.477 e. The summed E-state index contributed by atoms with van der Waals surface area (Å²) >= 11 is 1.47. The molecule has 0 aromatic carbocycles. The van der Waals surface area contributed by atoms with E-state index in [-0.39, 0.29) is 17.5 Å². The van der Waals surface area contributed by atoms with Gasteiger partial charge < -0.3 is 14.9 Å². The monoisotopic (exact) mass is 359 g/mol. The summed E-state index contributed by atoms with van der Waals surface area (Å²) in [4.78, 5) is 44.7.